The number of para-hydroxylation sites is 3. The molecule has 0 radical (unpaired) electrons. The lowest BCUT2D eigenvalue weighted by atomic mass is 9.71. The van der Waals surface area contributed by atoms with Crippen LogP contribution in [0.5, 0.6) is 5.75 Å². The number of nitrogens with zero attached hydrogens (tertiary/aromatic N) is 3. The Hall–Kier alpha value is -6.79. The van der Waals surface area contributed by atoms with Crippen molar-refractivity contribution >= 4 is 29.8 Å². The maximum atomic E-state index is 6.46. The first kappa shape index (κ1) is 31.0. The van der Waals surface area contributed by atoms with E-state index in [0.29, 0.717) is 17.5 Å². The zero-order valence-corrected chi connectivity index (χ0v) is 29.2. The first-order valence-corrected chi connectivity index (χ1v) is 17.9. The minimum atomic E-state index is -0.462. The molecule has 2 aromatic heterocycles. The number of furan rings is 1. The topological polar surface area (TPSA) is 61.0 Å². The largest absolute Gasteiger partial charge is 0.492 e. The summed E-state index contributed by atoms with van der Waals surface area (Å²) in [4.78, 5) is 15.5. The Kier molecular flexibility index (Phi) is 7.12. The summed E-state index contributed by atoms with van der Waals surface area (Å²) in [5.41, 5.74) is 11.6. The van der Waals surface area contributed by atoms with Gasteiger partial charge in [-0.1, -0.05) is 146 Å². The van der Waals surface area contributed by atoms with E-state index in [1.54, 1.807) is 0 Å². The van der Waals surface area contributed by atoms with Gasteiger partial charge < -0.3 is 9.15 Å². The van der Waals surface area contributed by atoms with Gasteiger partial charge in [-0.05, 0) is 58.5 Å². The van der Waals surface area contributed by atoms with Crippen molar-refractivity contribution in [3.63, 3.8) is 0 Å². The zero-order valence-electron chi connectivity index (χ0n) is 29.2. The number of fused-ring (bicyclic) bond motifs is 6. The maximum Gasteiger partial charge on any atom is 0.167 e. The smallest absolute Gasteiger partial charge is 0.167 e. The second-order valence-electron chi connectivity index (χ2n) is 13.9. The summed E-state index contributed by atoms with van der Waals surface area (Å²) in [7, 11) is 2.13. The van der Waals surface area contributed by atoms with Gasteiger partial charge in [-0.3, -0.25) is 0 Å². The van der Waals surface area contributed by atoms with Crippen molar-refractivity contribution < 1.29 is 9.15 Å². The molecule has 5 nitrogen and oxygen atoms in total. The first-order chi connectivity index (χ1) is 26.0. The van der Waals surface area contributed by atoms with E-state index in [2.05, 4.69) is 130 Å². The van der Waals surface area contributed by atoms with E-state index in [1.165, 1.54) is 11.1 Å². The van der Waals surface area contributed by atoms with Gasteiger partial charge >= 0.3 is 0 Å². The monoisotopic (exact) mass is 681 g/mol. The van der Waals surface area contributed by atoms with E-state index in [4.69, 9.17) is 24.1 Å². The standard InChI is InChI=1S/C47H32BN3O2/c1-47(48)39-22-12-19-33(42(39)37-18-8-10-24-41(37)53-47)30-25-27-31(28-26-30)44-49-45(36-17-6-5-15-32(36)29-13-3-2-4-14-29)51-46(50-44)38-21-11-20-35-34-16-7-9-23-40(34)52-43(35)38/h2-28H,48H2,1H3. The van der Waals surface area contributed by atoms with Gasteiger partial charge in [-0.15, -0.1) is 0 Å². The van der Waals surface area contributed by atoms with Crippen LogP contribution in [0.3, 0.4) is 0 Å². The molecule has 0 saturated carbocycles. The molecule has 0 aliphatic carbocycles. The van der Waals surface area contributed by atoms with Crippen LogP contribution in [0, 0.1) is 0 Å². The molecular weight excluding hydrogens is 649 g/mol. The average molecular weight is 682 g/mol. The normalized spacial score (nSPS) is 14.8. The molecule has 0 bridgehead atoms. The number of rotatable bonds is 5. The molecule has 250 valence electrons. The second-order valence-corrected chi connectivity index (χ2v) is 13.9. The van der Waals surface area contributed by atoms with Crippen LogP contribution in [0.2, 0.25) is 0 Å². The third-order valence-corrected chi connectivity index (χ3v) is 10.2. The summed E-state index contributed by atoms with van der Waals surface area (Å²) in [5.74, 6) is 2.63. The Morgan fingerprint density at radius 3 is 1.85 bits per heavy atom. The summed E-state index contributed by atoms with van der Waals surface area (Å²) in [5, 5.41) is 2.08. The summed E-state index contributed by atoms with van der Waals surface area (Å²) >= 11 is 0. The maximum absolute atomic E-state index is 6.46. The highest BCUT2D eigenvalue weighted by Gasteiger charge is 2.33. The second kappa shape index (κ2) is 12.2. The van der Waals surface area contributed by atoms with E-state index in [0.717, 1.165) is 72.2 Å². The van der Waals surface area contributed by atoms with E-state index < -0.39 is 5.50 Å². The van der Waals surface area contributed by atoms with Gasteiger partial charge in [0.2, 0.25) is 0 Å². The quantitative estimate of drug-likeness (QED) is 0.169. The van der Waals surface area contributed by atoms with E-state index in [9.17, 15) is 0 Å². The van der Waals surface area contributed by atoms with Crippen LogP contribution in [0.1, 0.15) is 12.5 Å². The fraction of sp³-hybridized carbons (Fsp3) is 0.0426. The highest BCUT2D eigenvalue weighted by atomic mass is 16.5. The SMILES string of the molecule is BC1(C)Oc2ccccc2-c2c(-c3ccc(-c4nc(-c5ccccc5-c5ccccc5)nc(-c5cccc6c5oc5ccccc56)n4)cc3)cccc21. The Morgan fingerprint density at radius 1 is 0.453 bits per heavy atom. The van der Waals surface area contributed by atoms with Crippen LogP contribution in [0.25, 0.3) is 89.5 Å². The highest BCUT2D eigenvalue weighted by molar-refractivity contribution is 6.16. The van der Waals surface area contributed by atoms with Crippen LogP contribution in [0.15, 0.2) is 168 Å². The van der Waals surface area contributed by atoms with Gasteiger partial charge in [0.1, 0.15) is 16.9 Å². The molecule has 0 amide bonds. The molecule has 0 spiro atoms. The molecule has 3 heterocycles. The average Bonchev–Trinajstić information content (AvgIpc) is 3.60. The van der Waals surface area contributed by atoms with Crippen LogP contribution in [-0.2, 0) is 5.50 Å². The van der Waals surface area contributed by atoms with Crippen molar-refractivity contribution in [2.24, 2.45) is 0 Å². The van der Waals surface area contributed by atoms with E-state index in [-0.39, 0.29) is 0 Å². The van der Waals surface area contributed by atoms with Crippen molar-refractivity contribution in [1.29, 1.82) is 0 Å². The van der Waals surface area contributed by atoms with Crippen molar-refractivity contribution in [2.45, 2.75) is 12.4 Å². The van der Waals surface area contributed by atoms with Crippen LogP contribution >= 0.6 is 0 Å². The summed E-state index contributed by atoms with van der Waals surface area (Å²) in [6.45, 7) is 2.13. The molecule has 0 fully saturated rings. The molecular formula is C47H32BN3O2. The molecule has 7 aromatic carbocycles. The van der Waals surface area contributed by atoms with Crippen molar-refractivity contribution in [2.75, 3.05) is 0 Å². The van der Waals surface area contributed by atoms with Gasteiger partial charge in [0, 0.05) is 27.5 Å². The molecule has 10 rings (SSSR count). The van der Waals surface area contributed by atoms with Crippen LogP contribution in [-0.4, -0.2) is 22.8 Å². The van der Waals surface area contributed by atoms with Gasteiger partial charge in [0.15, 0.2) is 25.3 Å². The predicted octanol–water partition coefficient (Wildman–Crippen LogP) is 11.0. The first-order valence-electron chi connectivity index (χ1n) is 17.9. The van der Waals surface area contributed by atoms with Crippen molar-refractivity contribution in [1.82, 2.24) is 15.0 Å². The molecule has 1 unspecified atom stereocenters. The van der Waals surface area contributed by atoms with Crippen LogP contribution < -0.4 is 4.74 Å². The van der Waals surface area contributed by atoms with E-state index >= 15 is 0 Å². The van der Waals surface area contributed by atoms with E-state index in [1.807, 2.05) is 48.5 Å². The number of hydrogen-bond donors (Lipinski definition) is 0. The Morgan fingerprint density at radius 2 is 1.02 bits per heavy atom. The lowest BCUT2D eigenvalue weighted by molar-refractivity contribution is 0.175. The third-order valence-electron chi connectivity index (χ3n) is 10.2. The minimum Gasteiger partial charge on any atom is -0.492 e. The summed E-state index contributed by atoms with van der Waals surface area (Å²) in [6, 6.07) is 56.2. The summed E-state index contributed by atoms with van der Waals surface area (Å²) in [6.07, 6.45) is 0. The molecule has 6 heteroatoms. The molecule has 1 aliphatic rings. The van der Waals surface area contributed by atoms with Crippen LogP contribution in [0.4, 0.5) is 0 Å². The van der Waals surface area contributed by atoms with Crippen molar-refractivity contribution in [3.8, 4) is 73.3 Å². The molecule has 0 N–H and O–H groups in total. The highest BCUT2D eigenvalue weighted by Crippen LogP contribution is 2.48. The lowest BCUT2D eigenvalue weighted by Gasteiger charge is -2.36. The Labute approximate surface area is 308 Å². The van der Waals surface area contributed by atoms with Gasteiger partial charge in [0.05, 0.1) is 11.1 Å². The molecule has 53 heavy (non-hydrogen) atoms. The fourth-order valence-electron chi connectivity index (χ4n) is 7.69. The van der Waals surface area contributed by atoms with Crippen molar-refractivity contribution in [3.05, 3.63) is 169 Å². The minimum absolute atomic E-state index is 0.462. The number of hydrogen-bond acceptors (Lipinski definition) is 5. The lowest BCUT2D eigenvalue weighted by Crippen LogP contribution is -2.33. The molecule has 1 atom stereocenters. The Bertz CT molecular complexity index is 2840. The molecule has 1 aliphatic heterocycles. The van der Waals surface area contributed by atoms with Gasteiger partial charge in [-0.25, -0.2) is 15.0 Å². The Balaban J connectivity index is 1.15. The number of aromatic nitrogens is 3. The van der Waals surface area contributed by atoms with Gasteiger partial charge in [-0.2, -0.15) is 0 Å². The molecule has 9 aromatic rings. The molecule has 0 saturated heterocycles. The fourth-order valence-corrected chi connectivity index (χ4v) is 7.69. The van der Waals surface area contributed by atoms with Gasteiger partial charge in [0.25, 0.3) is 0 Å². The number of ether oxygens (including phenoxy) is 1. The predicted molar refractivity (Wildman–Crippen MR) is 216 cm³/mol. The third kappa shape index (κ3) is 5.22. The summed E-state index contributed by atoms with van der Waals surface area (Å²) < 4.78 is 12.9. The zero-order chi connectivity index (χ0) is 35.5. The number of benzene rings is 7.